The van der Waals surface area contributed by atoms with E-state index in [9.17, 15) is 19.2 Å². The molecule has 1 aromatic heterocycles. The van der Waals surface area contributed by atoms with Crippen molar-refractivity contribution in [2.24, 2.45) is 0 Å². The largest absolute Gasteiger partial charge is 0.469 e. The molecular weight excluding hydrogens is 356 g/mol. The number of benzene rings is 1. The fourth-order valence-corrected chi connectivity index (χ4v) is 3.48. The number of ether oxygens (including phenoxy) is 1. The predicted octanol–water partition coefficient (Wildman–Crippen LogP) is 2.01. The molecule has 0 radical (unpaired) electrons. The Balaban J connectivity index is 1.84. The summed E-state index contributed by atoms with van der Waals surface area (Å²) in [6.45, 7) is 0. The van der Waals surface area contributed by atoms with Crippen LogP contribution in [-0.4, -0.2) is 42.7 Å². The molecule has 134 valence electrons. The minimum atomic E-state index is -0.539. The van der Waals surface area contributed by atoms with Crippen LogP contribution >= 0.6 is 11.3 Å². The van der Waals surface area contributed by atoms with Gasteiger partial charge in [-0.2, -0.15) is 0 Å². The van der Waals surface area contributed by atoms with Crippen LogP contribution in [0.15, 0.2) is 35.7 Å². The molecule has 3 rings (SSSR count). The second kappa shape index (κ2) is 7.09. The molecule has 1 aliphatic rings. The number of amides is 3. The maximum absolute atomic E-state index is 12.6. The Bertz CT molecular complexity index is 891. The summed E-state index contributed by atoms with van der Waals surface area (Å²) in [4.78, 5) is 50.1. The van der Waals surface area contributed by atoms with E-state index in [2.05, 4.69) is 5.32 Å². The van der Waals surface area contributed by atoms with Gasteiger partial charge in [0.25, 0.3) is 17.7 Å². The van der Waals surface area contributed by atoms with Crippen molar-refractivity contribution in [3.8, 4) is 0 Å². The standard InChI is InChI=1S/C18H16N2O5S/c1-20-17(23)11-6-5-10(8-12(11)18(20)24)16(22)19-13(9-15(21)25-2)14-4-3-7-26-14/h3-8,13H,9H2,1-2H3,(H,19,22). The molecule has 26 heavy (non-hydrogen) atoms. The second-order valence-corrected chi connectivity index (χ2v) is 6.73. The summed E-state index contributed by atoms with van der Waals surface area (Å²) in [7, 11) is 2.68. The number of imide groups is 1. The first-order chi connectivity index (χ1) is 12.4. The zero-order chi connectivity index (χ0) is 18.8. The van der Waals surface area contributed by atoms with E-state index in [-0.39, 0.29) is 29.0 Å². The van der Waals surface area contributed by atoms with Crippen molar-refractivity contribution in [2.45, 2.75) is 12.5 Å². The van der Waals surface area contributed by atoms with Crippen LogP contribution in [0.25, 0.3) is 0 Å². The lowest BCUT2D eigenvalue weighted by atomic mass is 10.0. The molecule has 0 saturated carbocycles. The number of methoxy groups -OCH3 is 1. The summed E-state index contributed by atoms with van der Waals surface area (Å²) in [5.41, 5.74) is 0.718. The van der Waals surface area contributed by atoms with E-state index in [4.69, 9.17) is 4.74 Å². The minimum absolute atomic E-state index is 0.00610. The van der Waals surface area contributed by atoms with E-state index in [1.807, 2.05) is 17.5 Å². The van der Waals surface area contributed by atoms with Crippen molar-refractivity contribution in [3.05, 3.63) is 57.3 Å². The number of fused-ring (bicyclic) bond motifs is 1. The zero-order valence-corrected chi connectivity index (χ0v) is 15.0. The highest BCUT2D eigenvalue weighted by molar-refractivity contribution is 7.10. The maximum Gasteiger partial charge on any atom is 0.307 e. The first-order valence-corrected chi connectivity index (χ1v) is 8.68. The van der Waals surface area contributed by atoms with Crippen molar-refractivity contribution in [3.63, 3.8) is 0 Å². The smallest absolute Gasteiger partial charge is 0.307 e. The number of esters is 1. The molecule has 0 bridgehead atoms. The summed E-state index contributed by atoms with van der Waals surface area (Å²) >= 11 is 1.41. The van der Waals surface area contributed by atoms with E-state index < -0.39 is 23.8 Å². The number of carbonyl (C=O) groups is 4. The van der Waals surface area contributed by atoms with Gasteiger partial charge in [0.2, 0.25) is 0 Å². The Morgan fingerprint density at radius 3 is 2.58 bits per heavy atom. The van der Waals surface area contributed by atoms with Crippen molar-refractivity contribution >= 4 is 35.0 Å². The average Bonchev–Trinajstić information content (AvgIpc) is 3.25. The quantitative estimate of drug-likeness (QED) is 0.640. The zero-order valence-electron chi connectivity index (χ0n) is 14.1. The van der Waals surface area contributed by atoms with E-state index in [0.717, 1.165) is 9.78 Å². The number of hydrogen-bond donors (Lipinski definition) is 1. The topological polar surface area (TPSA) is 92.8 Å². The van der Waals surface area contributed by atoms with Crippen molar-refractivity contribution in [1.29, 1.82) is 0 Å². The Kier molecular flexibility index (Phi) is 4.85. The summed E-state index contributed by atoms with van der Waals surface area (Å²) in [5.74, 6) is -1.71. The van der Waals surface area contributed by atoms with Gasteiger partial charge >= 0.3 is 5.97 Å². The van der Waals surface area contributed by atoms with Gasteiger partial charge in [-0.05, 0) is 29.6 Å². The van der Waals surface area contributed by atoms with Crippen molar-refractivity contribution < 1.29 is 23.9 Å². The molecule has 8 heteroatoms. The molecule has 1 aromatic carbocycles. The number of thiophene rings is 1. The first kappa shape index (κ1) is 17.8. The van der Waals surface area contributed by atoms with Gasteiger partial charge in [0.15, 0.2) is 0 Å². The van der Waals surface area contributed by atoms with Gasteiger partial charge in [0.1, 0.15) is 0 Å². The molecule has 1 atom stereocenters. The summed E-state index contributed by atoms with van der Waals surface area (Å²) in [6, 6.07) is 7.46. The van der Waals surface area contributed by atoms with Gasteiger partial charge in [0.05, 0.1) is 30.7 Å². The summed E-state index contributed by atoms with van der Waals surface area (Å²) < 4.78 is 4.69. The predicted molar refractivity (Wildman–Crippen MR) is 94.0 cm³/mol. The van der Waals surface area contributed by atoms with Crippen molar-refractivity contribution in [2.75, 3.05) is 14.2 Å². The van der Waals surface area contributed by atoms with Gasteiger partial charge in [-0.25, -0.2) is 0 Å². The monoisotopic (exact) mass is 372 g/mol. The molecule has 0 fully saturated rings. The second-order valence-electron chi connectivity index (χ2n) is 5.75. The number of nitrogens with zero attached hydrogens (tertiary/aromatic N) is 1. The Morgan fingerprint density at radius 2 is 1.92 bits per heavy atom. The summed E-state index contributed by atoms with van der Waals surface area (Å²) in [5, 5.41) is 4.64. The fourth-order valence-electron chi connectivity index (χ4n) is 2.71. The van der Waals surface area contributed by atoms with Crippen LogP contribution in [0.5, 0.6) is 0 Å². The highest BCUT2D eigenvalue weighted by Crippen LogP contribution is 2.25. The van der Waals surface area contributed by atoms with Crippen LogP contribution in [0.2, 0.25) is 0 Å². The van der Waals surface area contributed by atoms with Crippen LogP contribution < -0.4 is 5.32 Å². The maximum atomic E-state index is 12.6. The lowest BCUT2D eigenvalue weighted by Gasteiger charge is -2.16. The molecular formula is C18H16N2O5S. The van der Waals surface area contributed by atoms with Crippen molar-refractivity contribution in [1.82, 2.24) is 10.2 Å². The first-order valence-electron chi connectivity index (χ1n) is 7.80. The van der Waals surface area contributed by atoms with Gasteiger partial charge in [0, 0.05) is 17.5 Å². The average molecular weight is 372 g/mol. The number of hydrogen-bond acceptors (Lipinski definition) is 6. The van der Waals surface area contributed by atoms with E-state index >= 15 is 0 Å². The van der Waals surface area contributed by atoms with E-state index in [0.29, 0.717) is 0 Å². The fraction of sp³-hybridized carbons (Fsp3) is 0.222. The third kappa shape index (κ3) is 3.23. The highest BCUT2D eigenvalue weighted by Gasteiger charge is 2.33. The van der Waals surface area contributed by atoms with Crippen LogP contribution in [0.3, 0.4) is 0 Å². The van der Waals surface area contributed by atoms with Gasteiger partial charge < -0.3 is 10.1 Å². The molecule has 7 nitrogen and oxygen atoms in total. The Labute approximate surface area is 153 Å². The van der Waals surface area contributed by atoms with Gasteiger partial charge in [-0.1, -0.05) is 6.07 Å². The third-order valence-corrected chi connectivity index (χ3v) is 5.13. The molecule has 1 unspecified atom stereocenters. The molecule has 0 spiro atoms. The van der Waals surface area contributed by atoms with Crippen LogP contribution in [0, 0.1) is 0 Å². The molecule has 2 aromatic rings. The third-order valence-electron chi connectivity index (χ3n) is 4.14. The normalized spacial score (nSPS) is 14.2. The Hall–Kier alpha value is -3.00. The van der Waals surface area contributed by atoms with E-state index in [1.165, 1.54) is 43.7 Å². The van der Waals surface area contributed by atoms with Gasteiger partial charge in [-0.15, -0.1) is 11.3 Å². The molecule has 0 saturated heterocycles. The SMILES string of the molecule is COC(=O)CC(NC(=O)c1ccc2c(c1)C(=O)N(C)C2=O)c1cccs1. The molecule has 2 heterocycles. The molecule has 1 N–H and O–H groups in total. The molecule has 0 aliphatic carbocycles. The lowest BCUT2D eigenvalue weighted by Crippen LogP contribution is -2.30. The van der Waals surface area contributed by atoms with Gasteiger partial charge in [-0.3, -0.25) is 24.1 Å². The highest BCUT2D eigenvalue weighted by atomic mass is 32.1. The van der Waals surface area contributed by atoms with Crippen LogP contribution in [0.1, 0.15) is 48.4 Å². The minimum Gasteiger partial charge on any atom is -0.469 e. The molecule has 3 amide bonds. The summed E-state index contributed by atoms with van der Waals surface area (Å²) in [6.07, 6.45) is -0.00610. The lowest BCUT2D eigenvalue weighted by molar-refractivity contribution is -0.141. The van der Waals surface area contributed by atoms with Crippen LogP contribution in [0.4, 0.5) is 0 Å². The number of nitrogens with one attached hydrogen (secondary N) is 1. The number of carbonyl (C=O) groups excluding carboxylic acids is 4. The molecule has 1 aliphatic heterocycles. The van der Waals surface area contributed by atoms with E-state index in [1.54, 1.807) is 0 Å². The number of rotatable bonds is 5. The Morgan fingerprint density at radius 1 is 1.19 bits per heavy atom. The van der Waals surface area contributed by atoms with Crippen LogP contribution in [-0.2, 0) is 9.53 Å².